The molecule has 3 heterocycles. The second kappa shape index (κ2) is 11.8. The van der Waals surface area contributed by atoms with Crippen molar-refractivity contribution < 1.29 is 5.11 Å². The average molecular weight is 508 g/mol. The number of nitrogens with zero attached hydrogens (tertiary/aromatic N) is 6. The van der Waals surface area contributed by atoms with E-state index in [1.807, 2.05) is 55.3 Å². The smallest absolute Gasteiger partial charge is 0.170 e. The highest BCUT2D eigenvalue weighted by Gasteiger charge is 2.32. The van der Waals surface area contributed by atoms with Crippen LogP contribution in [0.2, 0.25) is 0 Å². The maximum atomic E-state index is 11.1. The maximum absolute atomic E-state index is 11.1. The van der Waals surface area contributed by atoms with E-state index >= 15 is 0 Å². The predicted octanol–water partition coefficient (Wildman–Crippen LogP) is 4.43. The van der Waals surface area contributed by atoms with E-state index in [9.17, 15) is 5.11 Å². The van der Waals surface area contributed by atoms with E-state index in [2.05, 4.69) is 49.2 Å². The van der Waals surface area contributed by atoms with Crippen LogP contribution in [0.3, 0.4) is 0 Å². The molecule has 190 valence electrons. The van der Waals surface area contributed by atoms with Gasteiger partial charge in [-0.25, -0.2) is 20.0 Å². The summed E-state index contributed by atoms with van der Waals surface area (Å²) in [6.45, 7) is 3.78. The number of aliphatic hydroxyl groups excluding tert-OH is 1. The average Bonchev–Trinajstić information content (AvgIpc) is 3.10. The third-order valence-corrected chi connectivity index (χ3v) is 6.67. The molecule has 2 N–H and O–H groups in total. The Kier molecular flexibility index (Phi) is 8.53. The van der Waals surface area contributed by atoms with Gasteiger partial charge < -0.3 is 10.0 Å². The number of anilines is 1. The van der Waals surface area contributed by atoms with Crippen LogP contribution >= 0.6 is 12.4 Å². The number of hydrazine groups is 1. The van der Waals surface area contributed by atoms with Gasteiger partial charge in [-0.15, -0.1) is 12.4 Å². The van der Waals surface area contributed by atoms with E-state index in [1.165, 1.54) is 6.42 Å². The number of imidazole rings is 1. The van der Waals surface area contributed by atoms with Crippen LogP contribution in [-0.4, -0.2) is 62.0 Å². The molecule has 2 aromatic heterocycles. The number of aliphatic hydroxyl groups is 1. The molecule has 8 nitrogen and oxygen atoms in total. The normalized spacial score (nSPS) is 16.2. The van der Waals surface area contributed by atoms with Crippen LogP contribution in [0.15, 0.2) is 67.0 Å². The highest BCUT2D eigenvalue weighted by Crippen LogP contribution is 2.32. The molecule has 0 saturated carbocycles. The number of likely N-dealkylation sites (N-methyl/N-ethyl adjacent to an activating group) is 1. The molecule has 2 unspecified atom stereocenters. The number of para-hydroxylation sites is 1. The van der Waals surface area contributed by atoms with Gasteiger partial charge in [0.15, 0.2) is 17.0 Å². The second-order valence-electron chi connectivity index (χ2n) is 9.00. The number of aromatic nitrogens is 4. The van der Waals surface area contributed by atoms with Gasteiger partial charge in [-0.3, -0.25) is 9.99 Å². The minimum absolute atomic E-state index is 0. The zero-order valence-corrected chi connectivity index (χ0v) is 21.6. The standard InChI is InChI=1S/C27H33N7O.ClH/c1-3-22(35)27(33-18-12-6-11-17-30-33)32(2)25-23-26(29-19-28-25)34(21-15-9-5-10-16-21)24(31-23)20-13-7-4-8-14-20;/h4-5,7-10,13-16,19,22,27,30,35H,3,6,11-12,17-18H2,1-2H3;1H. The summed E-state index contributed by atoms with van der Waals surface area (Å²) in [5.74, 6) is 1.51. The minimum Gasteiger partial charge on any atom is -0.390 e. The van der Waals surface area contributed by atoms with E-state index in [4.69, 9.17) is 4.98 Å². The third kappa shape index (κ3) is 5.08. The van der Waals surface area contributed by atoms with Gasteiger partial charge in [0.1, 0.15) is 18.3 Å². The van der Waals surface area contributed by atoms with Crippen molar-refractivity contribution in [2.24, 2.45) is 0 Å². The molecular weight excluding hydrogens is 474 g/mol. The van der Waals surface area contributed by atoms with Crippen molar-refractivity contribution in [3.8, 4) is 17.1 Å². The zero-order chi connectivity index (χ0) is 24.2. The summed E-state index contributed by atoms with van der Waals surface area (Å²) in [7, 11) is 1.99. The monoisotopic (exact) mass is 507 g/mol. The van der Waals surface area contributed by atoms with Gasteiger partial charge in [-0.05, 0) is 31.4 Å². The van der Waals surface area contributed by atoms with Crippen molar-refractivity contribution in [2.75, 3.05) is 25.0 Å². The lowest BCUT2D eigenvalue weighted by molar-refractivity contribution is 0.0199. The molecule has 1 aliphatic heterocycles. The number of benzene rings is 2. The van der Waals surface area contributed by atoms with E-state index in [0.717, 1.165) is 48.7 Å². The van der Waals surface area contributed by atoms with Crippen molar-refractivity contribution >= 4 is 29.4 Å². The fourth-order valence-electron chi connectivity index (χ4n) is 4.86. The molecule has 0 aliphatic carbocycles. The lowest BCUT2D eigenvalue weighted by Crippen LogP contribution is -2.58. The summed E-state index contributed by atoms with van der Waals surface area (Å²) in [5, 5.41) is 13.3. The van der Waals surface area contributed by atoms with Crippen molar-refractivity contribution in [1.29, 1.82) is 0 Å². The Bertz CT molecular complexity index is 1240. The molecule has 1 saturated heterocycles. The fourth-order valence-corrected chi connectivity index (χ4v) is 4.86. The second-order valence-corrected chi connectivity index (χ2v) is 9.00. The molecule has 0 spiro atoms. The van der Waals surface area contributed by atoms with Gasteiger partial charge in [0.25, 0.3) is 0 Å². The van der Waals surface area contributed by atoms with Crippen LogP contribution < -0.4 is 10.3 Å². The summed E-state index contributed by atoms with van der Waals surface area (Å²) in [6.07, 6.45) is 4.80. The van der Waals surface area contributed by atoms with E-state index in [0.29, 0.717) is 17.8 Å². The Hall–Kier alpha value is -3.04. The summed E-state index contributed by atoms with van der Waals surface area (Å²) in [6, 6.07) is 20.3. The number of nitrogens with one attached hydrogen (secondary N) is 1. The topological polar surface area (TPSA) is 82.3 Å². The SMILES string of the molecule is CCC(O)C(N1CCCCCN1)N(C)c1ncnc2c1nc(-c1ccccc1)n2-c1ccccc1.Cl. The highest BCUT2D eigenvalue weighted by molar-refractivity contribution is 5.88. The molecule has 0 amide bonds. The molecular formula is C27H34ClN7O. The van der Waals surface area contributed by atoms with Crippen molar-refractivity contribution in [3.05, 3.63) is 67.0 Å². The van der Waals surface area contributed by atoms with Crippen LogP contribution in [0, 0.1) is 0 Å². The van der Waals surface area contributed by atoms with Crippen LogP contribution in [0.5, 0.6) is 0 Å². The van der Waals surface area contributed by atoms with Gasteiger partial charge in [0.2, 0.25) is 0 Å². The Morgan fingerprint density at radius 2 is 1.72 bits per heavy atom. The Morgan fingerprint density at radius 1 is 1.00 bits per heavy atom. The van der Waals surface area contributed by atoms with Crippen LogP contribution in [0.1, 0.15) is 32.6 Å². The Labute approximate surface area is 218 Å². The number of rotatable bonds is 7. The Balaban J connectivity index is 0.00000304. The molecule has 5 rings (SSSR count). The minimum atomic E-state index is -0.555. The van der Waals surface area contributed by atoms with Crippen molar-refractivity contribution in [2.45, 2.75) is 44.9 Å². The first-order valence-electron chi connectivity index (χ1n) is 12.4. The molecule has 2 atom stereocenters. The first-order chi connectivity index (χ1) is 17.2. The first kappa shape index (κ1) is 26.0. The van der Waals surface area contributed by atoms with Crippen molar-refractivity contribution in [1.82, 2.24) is 30.0 Å². The number of fused-ring (bicyclic) bond motifs is 1. The third-order valence-electron chi connectivity index (χ3n) is 6.67. The van der Waals surface area contributed by atoms with Crippen LogP contribution in [-0.2, 0) is 0 Å². The van der Waals surface area contributed by atoms with E-state index in [1.54, 1.807) is 6.33 Å². The van der Waals surface area contributed by atoms with E-state index < -0.39 is 6.10 Å². The summed E-state index contributed by atoms with van der Waals surface area (Å²) < 4.78 is 2.08. The number of halogens is 1. The molecule has 36 heavy (non-hydrogen) atoms. The van der Waals surface area contributed by atoms with Gasteiger partial charge in [-0.1, -0.05) is 61.9 Å². The molecule has 4 aromatic rings. The fraction of sp³-hybridized carbons (Fsp3) is 0.370. The quantitative estimate of drug-likeness (QED) is 0.383. The summed E-state index contributed by atoms with van der Waals surface area (Å²) in [5.41, 5.74) is 6.96. The largest absolute Gasteiger partial charge is 0.390 e. The lowest BCUT2D eigenvalue weighted by atomic mass is 10.1. The van der Waals surface area contributed by atoms with Gasteiger partial charge in [0.05, 0.1) is 6.10 Å². The molecule has 1 aliphatic rings. The highest BCUT2D eigenvalue weighted by atomic mass is 35.5. The molecule has 2 aromatic carbocycles. The van der Waals surface area contributed by atoms with Crippen LogP contribution in [0.25, 0.3) is 28.2 Å². The van der Waals surface area contributed by atoms with Gasteiger partial charge in [0, 0.05) is 31.4 Å². The van der Waals surface area contributed by atoms with Gasteiger partial charge >= 0.3 is 0 Å². The molecule has 9 heteroatoms. The molecule has 0 bridgehead atoms. The predicted molar refractivity (Wildman–Crippen MR) is 146 cm³/mol. The van der Waals surface area contributed by atoms with Gasteiger partial charge in [-0.2, -0.15) is 0 Å². The molecule has 0 radical (unpaired) electrons. The van der Waals surface area contributed by atoms with Crippen molar-refractivity contribution in [3.63, 3.8) is 0 Å². The number of hydrogen-bond donors (Lipinski definition) is 2. The summed E-state index contributed by atoms with van der Waals surface area (Å²) >= 11 is 0. The lowest BCUT2D eigenvalue weighted by Gasteiger charge is -2.40. The molecule has 1 fully saturated rings. The number of hydrogen-bond acceptors (Lipinski definition) is 7. The first-order valence-corrected chi connectivity index (χ1v) is 12.4. The zero-order valence-electron chi connectivity index (χ0n) is 20.8. The Morgan fingerprint density at radius 3 is 2.44 bits per heavy atom. The van der Waals surface area contributed by atoms with E-state index in [-0.39, 0.29) is 18.6 Å². The van der Waals surface area contributed by atoms with Crippen LogP contribution in [0.4, 0.5) is 5.82 Å². The maximum Gasteiger partial charge on any atom is 0.170 e. The summed E-state index contributed by atoms with van der Waals surface area (Å²) in [4.78, 5) is 16.5.